The van der Waals surface area contributed by atoms with Gasteiger partial charge >= 0.3 is 17.9 Å². The highest BCUT2D eigenvalue weighted by Gasteiger charge is 2.36. The molecule has 9 heteroatoms. The molecule has 0 N–H and O–H groups in total. The predicted octanol–water partition coefficient (Wildman–Crippen LogP) is 28.5. The average Bonchev–Trinajstić information content (AvgIpc) is 0.739. The van der Waals surface area contributed by atoms with E-state index in [0.29, 0.717) is 50.6 Å². The Hall–Kier alpha value is -15.5. The summed E-state index contributed by atoms with van der Waals surface area (Å²) in [4.78, 5) is 51.6. The molecule has 0 heterocycles. The summed E-state index contributed by atoms with van der Waals surface area (Å²) in [7, 11) is 0. The van der Waals surface area contributed by atoms with E-state index in [2.05, 4.69) is 185 Å². The van der Waals surface area contributed by atoms with E-state index in [0.717, 1.165) is 134 Å². The summed E-state index contributed by atoms with van der Waals surface area (Å²) in [6.07, 6.45) is 0. The first-order chi connectivity index (χ1) is 58.3. The van der Waals surface area contributed by atoms with Crippen LogP contribution in [0.5, 0.6) is 17.2 Å². The van der Waals surface area contributed by atoms with Gasteiger partial charge in [0.25, 0.3) is 0 Å². The van der Waals surface area contributed by atoms with E-state index in [-0.39, 0.29) is 0 Å². The molecule has 0 atom stereocenters. The van der Waals surface area contributed by atoms with Gasteiger partial charge in [-0.05, 0) is 275 Å². The number of rotatable bonds is 21. The SMILES string of the molecule is Cc1cccc(-c2cc(C(C)(c3ccc(OC(=O)c4ccc(N(c5ccccc5)c5ccc6ccccc6c5)cc4)c(-c4cccc(C)c4)c3)c3ccc(OC(=O)c4ccc(N(c5ccccc5)c5ccc6ccccc6c5)cc4)c(-c4cccc(C)c4)c3)ccc2OC(=O)c2ccc(N(c3ccccc3)c3ccc4ccccc4c3)cc2)c1. The molecule has 572 valence electrons. The molecule has 0 spiro atoms. The fraction of sp³-hybridized carbons (Fsp3) is 0.0455. The van der Waals surface area contributed by atoms with Crippen molar-refractivity contribution in [3.63, 3.8) is 0 Å². The van der Waals surface area contributed by atoms with Crippen LogP contribution in [0.2, 0.25) is 0 Å². The fourth-order valence-electron chi connectivity index (χ4n) is 16.1. The normalized spacial score (nSPS) is 11.3. The van der Waals surface area contributed by atoms with Gasteiger partial charge in [-0.3, -0.25) is 0 Å². The van der Waals surface area contributed by atoms with Crippen LogP contribution in [0, 0.1) is 20.8 Å². The maximum atomic E-state index is 15.0. The lowest BCUT2D eigenvalue weighted by atomic mass is 9.69. The highest BCUT2D eigenvalue weighted by molar-refractivity contribution is 5.98. The summed E-state index contributed by atoms with van der Waals surface area (Å²) in [5, 5.41) is 6.75. The molecular formula is C110H81N3O6. The molecule has 0 aliphatic heterocycles. The molecule has 0 bridgehead atoms. The summed E-state index contributed by atoms with van der Waals surface area (Å²) in [5.74, 6) is -0.533. The maximum Gasteiger partial charge on any atom is 0.343 e. The molecule has 119 heavy (non-hydrogen) atoms. The van der Waals surface area contributed by atoms with Crippen molar-refractivity contribution in [3.05, 3.63) is 469 Å². The molecule has 0 saturated carbocycles. The second-order valence-electron chi connectivity index (χ2n) is 30.3. The van der Waals surface area contributed by atoms with Crippen LogP contribution in [0.1, 0.15) is 71.4 Å². The van der Waals surface area contributed by atoms with E-state index in [9.17, 15) is 0 Å². The third-order valence-corrected chi connectivity index (χ3v) is 22.4. The van der Waals surface area contributed by atoms with E-state index in [1.54, 1.807) is 0 Å². The minimum atomic E-state index is -1.11. The molecule has 0 aliphatic carbocycles. The zero-order chi connectivity index (χ0) is 80.9. The highest BCUT2D eigenvalue weighted by Crippen LogP contribution is 2.49. The number of aryl methyl sites for hydroxylation is 3. The molecule has 0 aromatic heterocycles. The van der Waals surface area contributed by atoms with Crippen LogP contribution in [0.3, 0.4) is 0 Å². The van der Waals surface area contributed by atoms with Crippen molar-refractivity contribution in [2.24, 2.45) is 0 Å². The highest BCUT2D eigenvalue weighted by atomic mass is 16.5. The second-order valence-corrected chi connectivity index (χ2v) is 30.3. The molecule has 0 saturated heterocycles. The van der Waals surface area contributed by atoms with E-state index in [1.165, 1.54) is 0 Å². The zero-order valence-electron chi connectivity index (χ0n) is 66.1. The maximum absolute atomic E-state index is 15.0. The molecular weight excluding hydrogens is 1460 g/mol. The Morgan fingerprint density at radius 2 is 0.462 bits per heavy atom. The fourth-order valence-corrected chi connectivity index (χ4v) is 16.1. The number of ether oxygens (including phenoxy) is 3. The number of nitrogens with zero attached hydrogens (tertiary/aromatic N) is 3. The number of benzene rings is 18. The minimum Gasteiger partial charge on any atom is -0.422 e. The number of carbonyl (C=O) groups is 3. The van der Waals surface area contributed by atoms with Gasteiger partial charge in [0.15, 0.2) is 0 Å². The Labute approximate surface area is 692 Å². The third-order valence-electron chi connectivity index (χ3n) is 22.4. The van der Waals surface area contributed by atoms with E-state index < -0.39 is 23.3 Å². The first-order valence-corrected chi connectivity index (χ1v) is 39.9. The number of hydrogen-bond donors (Lipinski definition) is 0. The molecule has 0 unspecified atom stereocenters. The minimum absolute atomic E-state index is 0.354. The topological polar surface area (TPSA) is 88.6 Å². The Morgan fingerprint density at radius 1 is 0.218 bits per heavy atom. The van der Waals surface area contributed by atoms with Crippen molar-refractivity contribution < 1.29 is 28.6 Å². The largest absolute Gasteiger partial charge is 0.422 e. The van der Waals surface area contributed by atoms with Gasteiger partial charge in [0.1, 0.15) is 17.2 Å². The summed E-state index contributed by atoms with van der Waals surface area (Å²) in [6, 6.07) is 140. The van der Waals surface area contributed by atoms with Crippen LogP contribution in [0.25, 0.3) is 65.7 Å². The van der Waals surface area contributed by atoms with Crippen molar-refractivity contribution in [2.75, 3.05) is 14.7 Å². The number of carbonyl (C=O) groups excluding carboxylic acids is 3. The van der Waals surface area contributed by atoms with Crippen molar-refractivity contribution in [1.82, 2.24) is 0 Å². The van der Waals surface area contributed by atoms with Crippen molar-refractivity contribution in [2.45, 2.75) is 33.1 Å². The molecule has 18 aromatic carbocycles. The van der Waals surface area contributed by atoms with Gasteiger partial charge in [-0.25, -0.2) is 14.4 Å². The smallest absolute Gasteiger partial charge is 0.343 e. The lowest BCUT2D eigenvalue weighted by Crippen LogP contribution is -2.26. The molecule has 0 amide bonds. The van der Waals surface area contributed by atoms with Gasteiger partial charge in [-0.15, -0.1) is 0 Å². The van der Waals surface area contributed by atoms with Crippen molar-refractivity contribution in [3.8, 4) is 50.6 Å². The van der Waals surface area contributed by atoms with E-state index in [4.69, 9.17) is 14.2 Å². The number of esters is 3. The molecule has 0 fully saturated rings. The summed E-state index contributed by atoms with van der Waals surface area (Å²) in [6.45, 7) is 8.33. The zero-order valence-corrected chi connectivity index (χ0v) is 66.1. The van der Waals surface area contributed by atoms with Gasteiger partial charge in [-0.2, -0.15) is 0 Å². The number of para-hydroxylation sites is 3. The number of hydrogen-bond acceptors (Lipinski definition) is 9. The molecule has 9 nitrogen and oxygen atoms in total. The second kappa shape index (κ2) is 32.8. The van der Waals surface area contributed by atoms with Crippen LogP contribution in [-0.4, -0.2) is 17.9 Å². The standard InChI is InChI=1S/C110H81N3O6/c1-74-23-20-32-86(65-74)101-71-89(50-62-104(101)117-107(114)80-44-53-95(54-45-80)111(92-35-8-5-9-36-92)98-59-41-77-26-14-17-29-83(77)68-98)110(4,90-51-63-105(102(72-90)87-33-21-24-75(2)66-87)118-108(115)81-46-55-96(56-47-81)112(93-37-10-6-11-38-93)99-60-42-78-27-15-18-30-84(78)69-99)91-52-64-106(103(73-91)88-34-22-25-76(3)67-88)119-109(116)82-48-57-97(58-49-82)113(94-39-12-7-13-40-94)100-61-43-79-28-16-19-31-85(79)70-100/h5-73H,1-4H3. The van der Waals surface area contributed by atoms with E-state index >= 15 is 14.4 Å². The van der Waals surface area contributed by atoms with Gasteiger partial charge in [0.2, 0.25) is 0 Å². The molecule has 18 aromatic rings. The van der Waals surface area contributed by atoms with Crippen LogP contribution >= 0.6 is 0 Å². The van der Waals surface area contributed by atoms with Gasteiger partial charge in [0.05, 0.1) is 16.7 Å². The first kappa shape index (κ1) is 74.9. The number of anilines is 9. The Morgan fingerprint density at radius 3 is 0.731 bits per heavy atom. The summed E-state index contributed by atoms with van der Waals surface area (Å²) in [5.41, 5.74) is 18.4. The van der Waals surface area contributed by atoms with Crippen LogP contribution in [0.15, 0.2) is 419 Å². The molecule has 18 rings (SSSR count). The van der Waals surface area contributed by atoms with Crippen molar-refractivity contribution >= 4 is 101 Å². The van der Waals surface area contributed by atoms with Crippen LogP contribution in [0.4, 0.5) is 51.2 Å². The summed E-state index contributed by atoms with van der Waals surface area (Å²) < 4.78 is 20.0. The quantitative estimate of drug-likeness (QED) is 0.0396. The average molecular weight is 1540 g/mol. The van der Waals surface area contributed by atoms with Crippen LogP contribution < -0.4 is 28.9 Å². The van der Waals surface area contributed by atoms with Crippen molar-refractivity contribution in [1.29, 1.82) is 0 Å². The first-order valence-electron chi connectivity index (χ1n) is 39.9. The van der Waals surface area contributed by atoms with Crippen LogP contribution in [-0.2, 0) is 5.41 Å². The van der Waals surface area contributed by atoms with Gasteiger partial charge in [0, 0.05) is 73.3 Å². The third kappa shape index (κ3) is 15.6. The van der Waals surface area contributed by atoms with E-state index in [1.807, 2.05) is 276 Å². The van der Waals surface area contributed by atoms with Gasteiger partial charge < -0.3 is 28.9 Å². The Balaban J connectivity index is 0.739. The summed E-state index contributed by atoms with van der Waals surface area (Å²) >= 11 is 0. The lowest BCUT2D eigenvalue weighted by Gasteiger charge is -2.34. The monoisotopic (exact) mass is 1540 g/mol. The number of fused-ring (bicyclic) bond motifs is 3. The molecule has 0 aliphatic rings. The lowest BCUT2D eigenvalue weighted by molar-refractivity contribution is 0.0726. The Bertz CT molecular complexity index is 6180. The predicted molar refractivity (Wildman–Crippen MR) is 486 cm³/mol. The van der Waals surface area contributed by atoms with Gasteiger partial charge in [-0.1, -0.05) is 253 Å². The molecule has 0 radical (unpaired) electrons. The Kier molecular flexibility index (Phi) is 20.7.